The minimum atomic E-state index is 0.378. The molecule has 1 heterocycles. The van der Waals surface area contributed by atoms with Gasteiger partial charge in [0.1, 0.15) is 0 Å². The zero-order valence-corrected chi connectivity index (χ0v) is 12.9. The van der Waals surface area contributed by atoms with Crippen molar-refractivity contribution in [2.75, 3.05) is 6.54 Å². The van der Waals surface area contributed by atoms with Gasteiger partial charge in [-0.15, -0.1) is 0 Å². The van der Waals surface area contributed by atoms with Crippen molar-refractivity contribution in [3.8, 4) is 0 Å². The van der Waals surface area contributed by atoms with Crippen LogP contribution < -0.4 is 5.32 Å². The van der Waals surface area contributed by atoms with E-state index in [9.17, 15) is 0 Å². The SMILES string of the molecule is CCNCc1cnn(C23CC4CC(CC(C4)C2)C3)c1C. The average molecular weight is 273 g/mol. The summed E-state index contributed by atoms with van der Waals surface area (Å²) >= 11 is 0. The standard InChI is InChI=1S/C17H27N3/c1-3-18-10-16-11-19-20(12(16)2)17-7-13-4-14(8-17)6-15(5-13)9-17/h11,13-15,18H,3-10H2,1-2H3. The fourth-order valence-electron chi connectivity index (χ4n) is 5.68. The molecule has 0 aromatic carbocycles. The number of hydrogen-bond acceptors (Lipinski definition) is 2. The maximum Gasteiger partial charge on any atom is 0.0638 e. The van der Waals surface area contributed by atoms with Crippen molar-refractivity contribution < 1.29 is 0 Å². The quantitative estimate of drug-likeness (QED) is 0.913. The van der Waals surface area contributed by atoms with Crippen LogP contribution in [0.2, 0.25) is 0 Å². The van der Waals surface area contributed by atoms with E-state index in [-0.39, 0.29) is 0 Å². The molecule has 110 valence electrons. The number of nitrogens with one attached hydrogen (secondary N) is 1. The van der Waals surface area contributed by atoms with Gasteiger partial charge in [0.2, 0.25) is 0 Å². The van der Waals surface area contributed by atoms with Crippen LogP contribution in [0.5, 0.6) is 0 Å². The first-order valence-electron chi connectivity index (χ1n) is 8.45. The summed E-state index contributed by atoms with van der Waals surface area (Å²) in [6.07, 6.45) is 10.8. The summed E-state index contributed by atoms with van der Waals surface area (Å²) in [5.41, 5.74) is 3.18. The van der Waals surface area contributed by atoms with Crippen molar-refractivity contribution in [1.82, 2.24) is 15.1 Å². The van der Waals surface area contributed by atoms with E-state index in [2.05, 4.69) is 30.0 Å². The third-order valence-corrected chi connectivity index (χ3v) is 6.13. The molecule has 5 rings (SSSR count). The van der Waals surface area contributed by atoms with Crippen LogP contribution in [-0.2, 0) is 12.1 Å². The second-order valence-electron chi connectivity index (χ2n) is 7.59. The number of aromatic nitrogens is 2. The van der Waals surface area contributed by atoms with Crippen molar-refractivity contribution in [2.45, 2.75) is 64.5 Å². The molecule has 4 aliphatic rings. The molecule has 1 aromatic heterocycles. The lowest BCUT2D eigenvalue weighted by atomic mass is 9.53. The highest BCUT2D eigenvalue weighted by molar-refractivity contribution is 5.19. The zero-order valence-electron chi connectivity index (χ0n) is 12.9. The number of nitrogens with zero attached hydrogens (tertiary/aromatic N) is 2. The maximum absolute atomic E-state index is 4.84. The summed E-state index contributed by atoms with van der Waals surface area (Å²) < 4.78 is 2.43. The molecule has 3 heteroatoms. The molecule has 1 N–H and O–H groups in total. The van der Waals surface area contributed by atoms with Crippen LogP contribution in [-0.4, -0.2) is 16.3 Å². The highest BCUT2D eigenvalue weighted by atomic mass is 15.3. The zero-order chi connectivity index (χ0) is 13.7. The van der Waals surface area contributed by atoms with Crippen molar-refractivity contribution in [1.29, 1.82) is 0 Å². The second kappa shape index (κ2) is 4.59. The Labute approximate surface area is 122 Å². The number of hydrogen-bond donors (Lipinski definition) is 1. The Morgan fingerprint density at radius 3 is 2.35 bits per heavy atom. The lowest BCUT2D eigenvalue weighted by Gasteiger charge is -2.57. The van der Waals surface area contributed by atoms with E-state index in [1.54, 1.807) is 0 Å². The Kier molecular flexibility index (Phi) is 2.95. The Balaban J connectivity index is 1.65. The van der Waals surface area contributed by atoms with Crippen molar-refractivity contribution in [3.05, 3.63) is 17.5 Å². The molecule has 20 heavy (non-hydrogen) atoms. The first-order chi connectivity index (χ1) is 9.70. The largest absolute Gasteiger partial charge is 0.313 e. The van der Waals surface area contributed by atoms with Gasteiger partial charge in [0.05, 0.1) is 11.7 Å². The lowest BCUT2D eigenvalue weighted by Crippen LogP contribution is -2.52. The molecule has 4 fully saturated rings. The van der Waals surface area contributed by atoms with E-state index in [0.717, 1.165) is 30.8 Å². The monoisotopic (exact) mass is 273 g/mol. The van der Waals surface area contributed by atoms with Gasteiger partial charge < -0.3 is 5.32 Å². The normalized spacial score (nSPS) is 38.6. The molecule has 4 saturated carbocycles. The van der Waals surface area contributed by atoms with Crippen molar-refractivity contribution >= 4 is 0 Å². The summed E-state index contributed by atoms with van der Waals surface area (Å²) in [4.78, 5) is 0. The minimum absolute atomic E-state index is 0.378. The van der Waals surface area contributed by atoms with Gasteiger partial charge in [-0.1, -0.05) is 6.92 Å². The molecule has 0 spiro atoms. The van der Waals surface area contributed by atoms with E-state index in [1.807, 2.05) is 0 Å². The predicted molar refractivity (Wildman–Crippen MR) is 80.5 cm³/mol. The Morgan fingerprint density at radius 1 is 1.20 bits per heavy atom. The minimum Gasteiger partial charge on any atom is -0.313 e. The van der Waals surface area contributed by atoms with E-state index >= 15 is 0 Å². The highest BCUT2D eigenvalue weighted by Gasteiger charge is 2.52. The van der Waals surface area contributed by atoms with Crippen LogP contribution in [0.25, 0.3) is 0 Å². The van der Waals surface area contributed by atoms with Crippen LogP contribution in [0.1, 0.15) is 56.7 Å². The molecule has 4 aliphatic carbocycles. The maximum atomic E-state index is 4.84. The molecule has 0 aliphatic heterocycles. The van der Waals surface area contributed by atoms with Crippen molar-refractivity contribution in [2.24, 2.45) is 17.8 Å². The van der Waals surface area contributed by atoms with Crippen LogP contribution in [0, 0.1) is 24.7 Å². The van der Waals surface area contributed by atoms with E-state index in [4.69, 9.17) is 5.10 Å². The van der Waals surface area contributed by atoms with E-state index in [1.165, 1.54) is 49.8 Å². The van der Waals surface area contributed by atoms with Gasteiger partial charge in [0.15, 0.2) is 0 Å². The first-order valence-corrected chi connectivity index (χ1v) is 8.45. The summed E-state index contributed by atoms with van der Waals surface area (Å²) in [7, 11) is 0. The van der Waals surface area contributed by atoms with Gasteiger partial charge in [0, 0.05) is 17.8 Å². The fourth-order valence-corrected chi connectivity index (χ4v) is 5.68. The molecule has 4 bridgehead atoms. The second-order valence-corrected chi connectivity index (χ2v) is 7.59. The van der Waals surface area contributed by atoms with E-state index in [0.29, 0.717) is 5.54 Å². The van der Waals surface area contributed by atoms with E-state index < -0.39 is 0 Å². The molecule has 0 unspecified atom stereocenters. The molecular weight excluding hydrogens is 246 g/mol. The lowest BCUT2D eigenvalue weighted by molar-refractivity contribution is -0.0504. The smallest absolute Gasteiger partial charge is 0.0638 e. The van der Waals surface area contributed by atoms with Gasteiger partial charge in [-0.2, -0.15) is 5.10 Å². The Hall–Kier alpha value is -0.830. The Bertz CT molecular complexity index is 467. The summed E-state index contributed by atoms with van der Waals surface area (Å²) in [6.45, 7) is 6.44. The number of rotatable bonds is 4. The van der Waals surface area contributed by atoms with Crippen LogP contribution in [0.4, 0.5) is 0 Å². The summed E-state index contributed by atoms with van der Waals surface area (Å²) in [6, 6.07) is 0. The summed E-state index contributed by atoms with van der Waals surface area (Å²) in [5, 5.41) is 8.27. The molecule has 0 atom stereocenters. The molecule has 0 saturated heterocycles. The third-order valence-electron chi connectivity index (χ3n) is 6.13. The highest BCUT2D eigenvalue weighted by Crippen LogP contribution is 2.58. The molecule has 0 amide bonds. The van der Waals surface area contributed by atoms with Gasteiger partial charge in [0.25, 0.3) is 0 Å². The third kappa shape index (κ3) is 1.86. The molecule has 3 nitrogen and oxygen atoms in total. The van der Waals surface area contributed by atoms with Crippen molar-refractivity contribution in [3.63, 3.8) is 0 Å². The van der Waals surface area contributed by atoms with Gasteiger partial charge >= 0.3 is 0 Å². The first kappa shape index (κ1) is 12.9. The van der Waals surface area contributed by atoms with Crippen LogP contribution in [0.15, 0.2) is 6.20 Å². The topological polar surface area (TPSA) is 29.9 Å². The molecule has 0 radical (unpaired) electrons. The molecule has 1 aromatic rings. The average Bonchev–Trinajstić information content (AvgIpc) is 2.77. The predicted octanol–water partition coefficient (Wildman–Crippen LogP) is 3.23. The fraction of sp³-hybridized carbons (Fsp3) is 0.824. The van der Waals surface area contributed by atoms with Gasteiger partial charge in [-0.25, -0.2) is 0 Å². The summed E-state index contributed by atoms with van der Waals surface area (Å²) in [5.74, 6) is 2.96. The van der Waals surface area contributed by atoms with Crippen LogP contribution in [0.3, 0.4) is 0 Å². The molecular formula is C17H27N3. The van der Waals surface area contributed by atoms with Gasteiger partial charge in [-0.3, -0.25) is 4.68 Å². The Morgan fingerprint density at radius 2 is 1.80 bits per heavy atom. The van der Waals surface area contributed by atoms with Crippen LogP contribution >= 0.6 is 0 Å². The van der Waals surface area contributed by atoms with Gasteiger partial charge in [-0.05, 0) is 69.7 Å².